The summed E-state index contributed by atoms with van der Waals surface area (Å²) in [6.07, 6.45) is -0.568. The number of hydrogen-bond donors (Lipinski definition) is 3. The quantitative estimate of drug-likeness (QED) is 0.655. The lowest BCUT2D eigenvalue weighted by atomic mass is 10.0. The van der Waals surface area contributed by atoms with Gasteiger partial charge in [-0.3, -0.25) is 0 Å². The molecular weight excluding hydrogens is 312 g/mol. The van der Waals surface area contributed by atoms with E-state index in [4.69, 9.17) is 9.84 Å². The molecule has 23 heavy (non-hydrogen) atoms. The van der Waals surface area contributed by atoms with Crippen molar-refractivity contribution in [2.45, 2.75) is 25.9 Å². The lowest BCUT2D eigenvalue weighted by Crippen LogP contribution is -2.25. The van der Waals surface area contributed by atoms with Crippen LogP contribution in [0.25, 0.3) is 0 Å². The molecule has 2 aromatic rings. The van der Waals surface area contributed by atoms with Crippen LogP contribution in [0.4, 0.5) is 0 Å². The van der Waals surface area contributed by atoms with Crippen molar-refractivity contribution >= 4 is 11.3 Å². The first kappa shape index (κ1) is 17.9. The molecule has 0 amide bonds. The Balaban J connectivity index is 1.76. The smallest absolute Gasteiger partial charge is 0.119 e. The van der Waals surface area contributed by atoms with Crippen molar-refractivity contribution in [2.24, 2.45) is 0 Å². The van der Waals surface area contributed by atoms with Crippen LogP contribution in [0.15, 0.2) is 29.6 Å². The molecule has 0 aliphatic carbocycles. The molecular formula is C17H24N2O3S. The Morgan fingerprint density at radius 1 is 1.26 bits per heavy atom. The van der Waals surface area contributed by atoms with Crippen LogP contribution in [0.2, 0.25) is 0 Å². The molecule has 0 aliphatic rings. The third-order valence-corrected chi connectivity index (χ3v) is 4.37. The number of rotatable bonds is 9. The molecule has 1 aromatic heterocycles. The van der Waals surface area contributed by atoms with E-state index in [1.54, 1.807) is 11.3 Å². The van der Waals surface area contributed by atoms with Gasteiger partial charge in [-0.2, -0.15) is 0 Å². The van der Waals surface area contributed by atoms with Gasteiger partial charge in [-0.1, -0.05) is 19.1 Å². The Kier molecular flexibility index (Phi) is 6.98. The Bertz CT molecular complexity index is 586. The van der Waals surface area contributed by atoms with Gasteiger partial charge in [-0.15, -0.1) is 11.3 Å². The van der Waals surface area contributed by atoms with Crippen molar-refractivity contribution in [3.05, 3.63) is 45.9 Å². The number of aromatic nitrogens is 1. The maximum absolute atomic E-state index is 10.1. The molecule has 0 aliphatic heterocycles. The summed E-state index contributed by atoms with van der Waals surface area (Å²) in [5.74, 6) is 1.09. The normalized spacial score (nSPS) is 13.7. The number of hydrogen-bond acceptors (Lipinski definition) is 6. The fourth-order valence-corrected chi connectivity index (χ4v) is 2.91. The molecule has 5 nitrogen and oxygen atoms in total. The van der Waals surface area contributed by atoms with E-state index < -0.39 is 6.10 Å². The standard InChI is InChI=1S/C17H24N2O3S/c1-12(14-3-5-15(6-4-14)22-8-7-20)9-18-10-17(21)16-11-23-13(2)19-16/h3-6,11-12,17-18,20-21H,7-10H2,1-2H3. The molecule has 0 saturated carbocycles. The van der Waals surface area contributed by atoms with Crippen molar-refractivity contribution in [3.63, 3.8) is 0 Å². The summed E-state index contributed by atoms with van der Waals surface area (Å²) in [6.45, 7) is 5.66. The highest BCUT2D eigenvalue weighted by Gasteiger charge is 2.12. The van der Waals surface area contributed by atoms with Gasteiger partial charge in [0.15, 0.2) is 0 Å². The number of ether oxygens (including phenoxy) is 1. The zero-order chi connectivity index (χ0) is 16.7. The molecule has 0 spiro atoms. The highest BCUT2D eigenvalue weighted by atomic mass is 32.1. The van der Waals surface area contributed by atoms with Gasteiger partial charge in [0.2, 0.25) is 0 Å². The van der Waals surface area contributed by atoms with Crippen molar-refractivity contribution in [1.82, 2.24) is 10.3 Å². The van der Waals surface area contributed by atoms with Gasteiger partial charge in [0, 0.05) is 18.5 Å². The van der Waals surface area contributed by atoms with E-state index in [0.717, 1.165) is 23.0 Å². The Labute approximate surface area is 141 Å². The SMILES string of the molecule is Cc1nc(C(O)CNCC(C)c2ccc(OCCO)cc2)cs1. The number of aliphatic hydroxyl groups is 2. The fraction of sp³-hybridized carbons (Fsp3) is 0.471. The fourth-order valence-electron chi connectivity index (χ4n) is 2.25. The minimum absolute atomic E-state index is 0.0168. The maximum Gasteiger partial charge on any atom is 0.119 e. The molecule has 1 aromatic carbocycles. The lowest BCUT2D eigenvalue weighted by Gasteiger charge is -2.15. The third kappa shape index (κ3) is 5.58. The van der Waals surface area contributed by atoms with Crippen molar-refractivity contribution in [3.8, 4) is 5.75 Å². The van der Waals surface area contributed by atoms with Gasteiger partial charge in [0.25, 0.3) is 0 Å². The van der Waals surface area contributed by atoms with Crippen LogP contribution in [0.1, 0.15) is 35.2 Å². The van der Waals surface area contributed by atoms with E-state index in [1.165, 1.54) is 5.56 Å². The van der Waals surface area contributed by atoms with E-state index >= 15 is 0 Å². The molecule has 2 rings (SSSR count). The van der Waals surface area contributed by atoms with Crippen molar-refractivity contribution in [2.75, 3.05) is 26.3 Å². The summed E-state index contributed by atoms with van der Waals surface area (Å²) < 4.78 is 5.35. The van der Waals surface area contributed by atoms with E-state index in [0.29, 0.717) is 19.1 Å². The average Bonchev–Trinajstić information content (AvgIpc) is 2.99. The zero-order valence-electron chi connectivity index (χ0n) is 13.5. The first-order valence-electron chi connectivity index (χ1n) is 7.74. The van der Waals surface area contributed by atoms with E-state index in [2.05, 4.69) is 17.2 Å². The van der Waals surface area contributed by atoms with Crippen molar-refractivity contribution < 1.29 is 14.9 Å². The first-order chi connectivity index (χ1) is 11.1. The summed E-state index contributed by atoms with van der Waals surface area (Å²) in [5.41, 5.74) is 1.94. The molecule has 0 bridgehead atoms. The zero-order valence-corrected chi connectivity index (χ0v) is 14.3. The molecule has 6 heteroatoms. The van der Waals surface area contributed by atoms with Crippen LogP contribution < -0.4 is 10.1 Å². The van der Waals surface area contributed by atoms with Crippen LogP contribution in [-0.2, 0) is 0 Å². The number of aryl methyl sites for hydroxylation is 1. The first-order valence-corrected chi connectivity index (χ1v) is 8.62. The number of nitrogens with zero attached hydrogens (tertiary/aromatic N) is 1. The largest absolute Gasteiger partial charge is 0.491 e. The van der Waals surface area contributed by atoms with E-state index in [1.807, 2.05) is 36.6 Å². The van der Waals surface area contributed by atoms with Gasteiger partial charge >= 0.3 is 0 Å². The molecule has 3 N–H and O–H groups in total. The van der Waals surface area contributed by atoms with Crippen LogP contribution in [0, 0.1) is 6.92 Å². The minimum Gasteiger partial charge on any atom is -0.491 e. The second-order valence-corrected chi connectivity index (χ2v) is 6.57. The van der Waals surface area contributed by atoms with Gasteiger partial charge in [-0.25, -0.2) is 4.98 Å². The molecule has 126 valence electrons. The monoisotopic (exact) mass is 336 g/mol. The summed E-state index contributed by atoms with van der Waals surface area (Å²) in [4.78, 5) is 4.30. The molecule has 2 atom stereocenters. The number of aliphatic hydroxyl groups excluding tert-OH is 2. The van der Waals surface area contributed by atoms with Gasteiger partial charge in [-0.05, 0) is 30.5 Å². The van der Waals surface area contributed by atoms with Gasteiger partial charge < -0.3 is 20.3 Å². The molecule has 0 radical (unpaired) electrons. The molecule has 0 fully saturated rings. The van der Waals surface area contributed by atoms with Crippen LogP contribution in [-0.4, -0.2) is 41.5 Å². The van der Waals surface area contributed by atoms with E-state index in [-0.39, 0.29) is 6.61 Å². The van der Waals surface area contributed by atoms with Crippen LogP contribution >= 0.6 is 11.3 Å². The highest BCUT2D eigenvalue weighted by molar-refractivity contribution is 7.09. The number of nitrogens with one attached hydrogen (secondary N) is 1. The Morgan fingerprint density at radius 3 is 2.61 bits per heavy atom. The average molecular weight is 336 g/mol. The lowest BCUT2D eigenvalue weighted by molar-refractivity contribution is 0.170. The molecule has 1 heterocycles. The second-order valence-electron chi connectivity index (χ2n) is 5.51. The Morgan fingerprint density at radius 2 is 2.00 bits per heavy atom. The number of benzene rings is 1. The topological polar surface area (TPSA) is 74.6 Å². The van der Waals surface area contributed by atoms with Crippen LogP contribution in [0.5, 0.6) is 5.75 Å². The Hall–Kier alpha value is -1.47. The molecule has 2 unspecified atom stereocenters. The minimum atomic E-state index is -0.568. The highest BCUT2D eigenvalue weighted by Crippen LogP contribution is 2.19. The van der Waals surface area contributed by atoms with Gasteiger partial charge in [0.1, 0.15) is 18.5 Å². The summed E-state index contributed by atoms with van der Waals surface area (Å²) >= 11 is 1.55. The van der Waals surface area contributed by atoms with E-state index in [9.17, 15) is 5.11 Å². The second kappa shape index (κ2) is 8.98. The van der Waals surface area contributed by atoms with Gasteiger partial charge in [0.05, 0.1) is 17.3 Å². The van der Waals surface area contributed by atoms with Crippen LogP contribution in [0.3, 0.4) is 0 Å². The molecule has 0 saturated heterocycles. The predicted molar refractivity (Wildman–Crippen MR) is 92.1 cm³/mol. The maximum atomic E-state index is 10.1. The summed E-state index contributed by atoms with van der Waals surface area (Å²) in [6, 6.07) is 7.88. The van der Waals surface area contributed by atoms with Crippen molar-refractivity contribution in [1.29, 1.82) is 0 Å². The summed E-state index contributed by atoms with van der Waals surface area (Å²) in [5, 5.41) is 25.0. The number of thiazole rings is 1. The predicted octanol–water partition coefficient (Wildman–Crippen LogP) is 2.25. The third-order valence-electron chi connectivity index (χ3n) is 3.58. The summed E-state index contributed by atoms with van der Waals surface area (Å²) in [7, 11) is 0.